The predicted octanol–water partition coefficient (Wildman–Crippen LogP) is 1.63. The second kappa shape index (κ2) is 4.75. The van der Waals surface area contributed by atoms with Crippen LogP contribution in [0.15, 0.2) is 0 Å². The van der Waals surface area contributed by atoms with Crippen LogP contribution in [0, 0.1) is 5.92 Å². The van der Waals surface area contributed by atoms with Crippen molar-refractivity contribution in [2.45, 2.75) is 44.6 Å². The summed E-state index contributed by atoms with van der Waals surface area (Å²) in [6.45, 7) is 1.81. The van der Waals surface area contributed by atoms with Crippen molar-refractivity contribution >= 4 is 11.8 Å². The SMILES string of the molecule is CCC(=O)[C@]1(OC)CC[C@@H](C(=O)O)CC1. The number of hydrogen-bond acceptors (Lipinski definition) is 3. The second-order valence-corrected chi connectivity index (χ2v) is 4.09. The van der Waals surface area contributed by atoms with E-state index in [-0.39, 0.29) is 11.7 Å². The normalized spacial score (nSPS) is 31.2. The number of Topliss-reactive ketones (excluding diaryl/α,β-unsaturated/α-hetero) is 1. The van der Waals surface area contributed by atoms with Crippen LogP contribution in [0.4, 0.5) is 0 Å². The Hall–Kier alpha value is -0.900. The number of carbonyl (C=O) groups is 2. The molecule has 0 aliphatic heterocycles. The van der Waals surface area contributed by atoms with Crippen LogP contribution in [-0.4, -0.2) is 29.6 Å². The molecule has 0 aromatic rings. The molecule has 1 fully saturated rings. The average molecular weight is 214 g/mol. The summed E-state index contributed by atoms with van der Waals surface area (Å²) in [5, 5.41) is 8.85. The van der Waals surface area contributed by atoms with Gasteiger partial charge in [0.05, 0.1) is 5.92 Å². The maximum atomic E-state index is 11.7. The predicted molar refractivity (Wildman–Crippen MR) is 54.6 cm³/mol. The Morgan fingerprint density at radius 3 is 2.27 bits per heavy atom. The van der Waals surface area contributed by atoms with Gasteiger partial charge < -0.3 is 9.84 Å². The smallest absolute Gasteiger partial charge is 0.306 e. The number of rotatable bonds is 4. The van der Waals surface area contributed by atoms with Crippen LogP contribution in [-0.2, 0) is 14.3 Å². The van der Waals surface area contributed by atoms with Crippen molar-refractivity contribution in [1.29, 1.82) is 0 Å². The zero-order chi connectivity index (χ0) is 11.5. The first-order valence-electron chi connectivity index (χ1n) is 5.37. The molecule has 4 heteroatoms. The van der Waals surface area contributed by atoms with E-state index < -0.39 is 11.6 Å². The molecule has 0 unspecified atom stereocenters. The molecule has 4 nitrogen and oxygen atoms in total. The van der Waals surface area contributed by atoms with Crippen molar-refractivity contribution in [2.24, 2.45) is 5.92 Å². The molecule has 0 saturated heterocycles. The van der Waals surface area contributed by atoms with Crippen molar-refractivity contribution in [3.05, 3.63) is 0 Å². The number of methoxy groups -OCH3 is 1. The zero-order valence-electron chi connectivity index (χ0n) is 9.28. The molecule has 0 amide bonds. The Labute approximate surface area is 89.6 Å². The van der Waals surface area contributed by atoms with E-state index >= 15 is 0 Å². The van der Waals surface area contributed by atoms with Crippen molar-refractivity contribution in [2.75, 3.05) is 7.11 Å². The first-order valence-corrected chi connectivity index (χ1v) is 5.37. The van der Waals surface area contributed by atoms with E-state index in [4.69, 9.17) is 9.84 Å². The third-order valence-corrected chi connectivity index (χ3v) is 3.36. The highest BCUT2D eigenvalue weighted by Gasteiger charge is 2.42. The Bertz CT molecular complexity index is 251. The number of ketones is 1. The third-order valence-electron chi connectivity index (χ3n) is 3.36. The van der Waals surface area contributed by atoms with Gasteiger partial charge in [-0.05, 0) is 25.7 Å². The van der Waals surface area contributed by atoms with Crippen LogP contribution in [0.5, 0.6) is 0 Å². The molecule has 1 N–H and O–H groups in total. The summed E-state index contributed by atoms with van der Waals surface area (Å²) in [5.74, 6) is -0.976. The monoisotopic (exact) mass is 214 g/mol. The lowest BCUT2D eigenvalue weighted by molar-refractivity contribution is -0.153. The standard InChI is InChI=1S/C11H18O4/c1-3-9(12)11(15-2)6-4-8(5-7-11)10(13)14/h8H,3-7H2,1-2H3,(H,13,14)/t8-,11+. The van der Waals surface area contributed by atoms with Gasteiger partial charge in [-0.2, -0.15) is 0 Å². The summed E-state index contributed by atoms with van der Waals surface area (Å²) in [4.78, 5) is 22.5. The van der Waals surface area contributed by atoms with E-state index in [0.717, 1.165) is 0 Å². The number of carboxylic acid groups (broad SMARTS) is 1. The number of carboxylic acids is 1. The van der Waals surface area contributed by atoms with Crippen LogP contribution in [0.3, 0.4) is 0 Å². The van der Waals surface area contributed by atoms with E-state index in [1.54, 1.807) is 0 Å². The highest BCUT2D eigenvalue weighted by molar-refractivity contribution is 5.87. The zero-order valence-corrected chi connectivity index (χ0v) is 9.28. The highest BCUT2D eigenvalue weighted by atomic mass is 16.5. The molecule has 0 aromatic carbocycles. The quantitative estimate of drug-likeness (QED) is 0.772. The van der Waals surface area contributed by atoms with Crippen molar-refractivity contribution in [1.82, 2.24) is 0 Å². The van der Waals surface area contributed by atoms with Crippen LogP contribution in [0.25, 0.3) is 0 Å². The fraction of sp³-hybridized carbons (Fsp3) is 0.818. The Morgan fingerprint density at radius 1 is 1.40 bits per heavy atom. The number of aliphatic carboxylic acids is 1. The largest absolute Gasteiger partial charge is 0.481 e. The van der Waals surface area contributed by atoms with Crippen molar-refractivity contribution < 1.29 is 19.4 Å². The fourth-order valence-electron chi connectivity index (χ4n) is 2.25. The minimum absolute atomic E-state index is 0.0915. The number of ether oxygens (including phenoxy) is 1. The lowest BCUT2D eigenvalue weighted by Crippen LogP contribution is -2.44. The summed E-state index contributed by atoms with van der Waals surface area (Å²) < 4.78 is 5.32. The van der Waals surface area contributed by atoms with Crippen LogP contribution >= 0.6 is 0 Å². The highest BCUT2D eigenvalue weighted by Crippen LogP contribution is 2.36. The molecular formula is C11H18O4. The molecule has 0 bridgehead atoms. The first kappa shape index (κ1) is 12.2. The van der Waals surface area contributed by atoms with Gasteiger partial charge in [0.15, 0.2) is 5.78 Å². The number of hydrogen-bond donors (Lipinski definition) is 1. The van der Waals surface area contributed by atoms with Gasteiger partial charge in [-0.1, -0.05) is 6.92 Å². The van der Waals surface area contributed by atoms with Gasteiger partial charge in [0.2, 0.25) is 0 Å². The van der Waals surface area contributed by atoms with E-state index in [1.807, 2.05) is 6.92 Å². The molecule has 15 heavy (non-hydrogen) atoms. The Kier molecular flexibility index (Phi) is 3.85. The first-order chi connectivity index (χ1) is 7.05. The van der Waals surface area contributed by atoms with E-state index in [0.29, 0.717) is 32.1 Å². The summed E-state index contributed by atoms with van der Waals surface area (Å²) in [5.41, 5.74) is -0.708. The van der Waals surface area contributed by atoms with E-state index in [1.165, 1.54) is 7.11 Å². The Morgan fingerprint density at radius 2 is 1.93 bits per heavy atom. The lowest BCUT2D eigenvalue weighted by atomic mass is 9.76. The lowest BCUT2D eigenvalue weighted by Gasteiger charge is -2.36. The van der Waals surface area contributed by atoms with Gasteiger partial charge in [0.25, 0.3) is 0 Å². The Balaban J connectivity index is 2.66. The maximum Gasteiger partial charge on any atom is 0.306 e. The maximum absolute atomic E-state index is 11.7. The van der Waals surface area contributed by atoms with Gasteiger partial charge in [0.1, 0.15) is 5.60 Å². The molecule has 0 radical (unpaired) electrons. The molecule has 1 aliphatic rings. The molecule has 0 heterocycles. The summed E-state index contributed by atoms with van der Waals surface area (Å²) in [6, 6.07) is 0. The molecule has 1 saturated carbocycles. The van der Waals surface area contributed by atoms with Crippen LogP contribution < -0.4 is 0 Å². The second-order valence-electron chi connectivity index (χ2n) is 4.09. The molecule has 0 atom stereocenters. The summed E-state index contributed by atoms with van der Waals surface area (Å²) >= 11 is 0. The van der Waals surface area contributed by atoms with Gasteiger partial charge in [-0.25, -0.2) is 0 Å². The van der Waals surface area contributed by atoms with Gasteiger partial charge in [0, 0.05) is 13.5 Å². The molecule has 1 rings (SSSR count). The van der Waals surface area contributed by atoms with Gasteiger partial charge in [-0.3, -0.25) is 9.59 Å². The van der Waals surface area contributed by atoms with Crippen molar-refractivity contribution in [3.63, 3.8) is 0 Å². The summed E-state index contributed by atoms with van der Waals surface area (Å²) in [6.07, 6.45) is 2.59. The summed E-state index contributed by atoms with van der Waals surface area (Å²) in [7, 11) is 1.54. The van der Waals surface area contributed by atoms with Gasteiger partial charge >= 0.3 is 5.97 Å². The molecule has 1 aliphatic carbocycles. The minimum atomic E-state index is -0.761. The fourth-order valence-corrected chi connectivity index (χ4v) is 2.25. The van der Waals surface area contributed by atoms with Gasteiger partial charge in [-0.15, -0.1) is 0 Å². The van der Waals surface area contributed by atoms with Crippen LogP contribution in [0.1, 0.15) is 39.0 Å². The molecule has 0 spiro atoms. The molecular weight excluding hydrogens is 196 g/mol. The van der Waals surface area contributed by atoms with Crippen molar-refractivity contribution in [3.8, 4) is 0 Å². The van der Waals surface area contributed by atoms with Crippen LogP contribution in [0.2, 0.25) is 0 Å². The molecule has 86 valence electrons. The third kappa shape index (κ3) is 2.37. The average Bonchev–Trinajstić information content (AvgIpc) is 2.27. The number of carbonyl (C=O) groups excluding carboxylic acids is 1. The van der Waals surface area contributed by atoms with E-state index in [2.05, 4.69) is 0 Å². The minimum Gasteiger partial charge on any atom is -0.481 e. The molecule has 0 aromatic heterocycles. The topological polar surface area (TPSA) is 63.6 Å². The van der Waals surface area contributed by atoms with E-state index in [9.17, 15) is 9.59 Å².